The Hall–Kier alpha value is -1.16. The Morgan fingerprint density at radius 2 is 1.94 bits per heavy atom. The molecule has 2 N–H and O–H groups in total. The highest BCUT2D eigenvalue weighted by Gasteiger charge is 2.27. The molecule has 0 aromatic heterocycles. The van der Waals surface area contributed by atoms with Gasteiger partial charge in [0, 0.05) is 11.6 Å². The first-order valence-corrected chi connectivity index (χ1v) is 5.48. The van der Waals surface area contributed by atoms with Crippen molar-refractivity contribution >= 4 is 0 Å². The molecule has 1 aliphatic carbocycles. The SMILES string of the molecule is N[C@@H](c1ccccc1OC(F)F)C1CCC1. The van der Waals surface area contributed by atoms with Gasteiger partial charge in [0.05, 0.1) is 0 Å². The molecule has 1 atom stereocenters. The van der Waals surface area contributed by atoms with E-state index < -0.39 is 6.61 Å². The van der Waals surface area contributed by atoms with Crippen LogP contribution < -0.4 is 10.5 Å². The Balaban J connectivity index is 2.17. The Morgan fingerprint density at radius 3 is 2.50 bits per heavy atom. The van der Waals surface area contributed by atoms with Gasteiger partial charge in [-0.15, -0.1) is 0 Å². The zero-order valence-corrected chi connectivity index (χ0v) is 8.90. The molecule has 1 aromatic carbocycles. The number of para-hydroxylation sites is 1. The largest absolute Gasteiger partial charge is 0.434 e. The lowest BCUT2D eigenvalue weighted by atomic mass is 9.77. The minimum Gasteiger partial charge on any atom is -0.434 e. The van der Waals surface area contributed by atoms with Gasteiger partial charge in [0.1, 0.15) is 5.75 Å². The van der Waals surface area contributed by atoms with Crippen LogP contribution in [0.3, 0.4) is 0 Å². The number of alkyl halides is 2. The van der Waals surface area contributed by atoms with Crippen LogP contribution in [-0.4, -0.2) is 6.61 Å². The highest BCUT2D eigenvalue weighted by molar-refractivity contribution is 5.36. The second kappa shape index (κ2) is 4.78. The fourth-order valence-corrected chi connectivity index (χ4v) is 2.01. The molecule has 0 aliphatic heterocycles. The third kappa shape index (κ3) is 2.32. The topological polar surface area (TPSA) is 35.2 Å². The van der Waals surface area contributed by atoms with E-state index in [-0.39, 0.29) is 11.8 Å². The lowest BCUT2D eigenvalue weighted by Gasteiger charge is -2.32. The molecular formula is C12H15F2NO. The zero-order valence-electron chi connectivity index (χ0n) is 8.90. The summed E-state index contributed by atoms with van der Waals surface area (Å²) >= 11 is 0. The molecule has 0 amide bonds. The van der Waals surface area contributed by atoms with Crippen LogP contribution in [-0.2, 0) is 0 Å². The second-order valence-electron chi connectivity index (χ2n) is 4.13. The van der Waals surface area contributed by atoms with Gasteiger partial charge in [-0.25, -0.2) is 0 Å². The molecule has 0 saturated heterocycles. The number of hydrogen-bond donors (Lipinski definition) is 1. The number of rotatable bonds is 4. The molecule has 0 spiro atoms. The molecule has 2 nitrogen and oxygen atoms in total. The normalized spacial score (nSPS) is 18.2. The fraction of sp³-hybridized carbons (Fsp3) is 0.500. The molecule has 0 unspecified atom stereocenters. The average Bonchev–Trinajstić information content (AvgIpc) is 2.14. The van der Waals surface area contributed by atoms with Gasteiger partial charge < -0.3 is 10.5 Å². The van der Waals surface area contributed by atoms with Crippen LogP contribution in [0.1, 0.15) is 30.9 Å². The van der Waals surface area contributed by atoms with E-state index >= 15 is 0 Å². The highest BCUT2D eigenvalue weighted by Crippen LogP contribution is 2.39. The predicted octanol–water partition coefficient (Wildman–Crippen LogP) is 3.09. The predicted molar refractivity (Wildman–Crippen MR) is 57.3 cm³/mol. The van der Waals surface area contributed by atoms with Crippen LogP contribution in [0.25, 0.3) is 0 Å². The third-order valence-corrected chi connectivity index (χ3v) is 3.15. The van der Waals surface area contributed by atoms with E-state index in [1.165, 1.54) is 6.42 Å². The van der Waals surface area contributed by atoms with Crippen molar-refractivity contribution in [1.29, 1.82) is 0 Å². The molecule has 1 saturated carbocycles. The minimum atomic E-state index is -2.80. The van der Waals surface area contributed by atoms with Gasteiger partial charge in [0.25, 0.3) is 0 Å². The first-order chi connectivity index (χ1) is 7.68. The zero-order chi connectivity index (χ0) is 11.5. The van der Waals surface area contributed by atoms with Gasteiger partial charge in [-0.2, -0.15) is 8.78 Å². The molecule has 0 heterocycles. The number of halogens is 2. The van der Waals surface area contributed by atoms with E-state index in [0.29, 0.717) is 11.5 Å². The Morgan fingerprint density at radius 1 is 1.25 bits per heavy atom. The minimum absolute atomic E-state index is 0.191. The summed E-state index contributed by atoms with van der Waals surface area (Å²) < 4.78 is 28.9. The van der Waals surface area contributed by atoms with Gasteiger partial charge in [-0.1, -0.05) is 24.6 Å². The summed E-state index contributed by atoms with van der Waals surface area (Å²) in [5.41, 5.74) is 6.74. The van der Waals surface area contributed by atoms with Gasteiger partial charge in [0.2, 0.25) is 0 Å². The lowest BCUT2D eigenvalue weighted by Crippen LogP contribution is -2.27. The molecule has 1 fully saturated rings. The summed E-state index contributed by atoms with van der Waals surface area (Å²) in [5.74, 6) is 0.610. The van der Waals surface area contributed by atoms with E-state index in [1.54, 1.807) is 24.3 Å². The first-order valence-electron chi connectivity index (χ1n) is 5.48. The average molecular weight is 227 g/mol. The molecule has 1 aliphatic rings. The van der Waals surface area contributed by atoms with Crippen LogP contribution in [0.15, 0.2) is 24.3 Å². The van der Waals surface area contributed by atoms with Crippen LogP contribution >= 0.6 is 0 Å². The van der Waals surface area contributed by atoms with Crippen molar-refractivity contribution < 1.29 is 13.5 Å². The fourth-order valence-electron chi connectivity index (χ4n) is 2.01. The van der Waals surface area contributed by atoms with Crippen molar-refractivity contribution in [3.8, 4) is 5.75 Å². The van der Waals surface area contributed by atoms with Crippen LogP contribution in [0.4, 0.5) is 8.78 Å². The molecule has 1 aromatic rings. The molecular weight excluding hydrogens is 212 g/mol. The monoisotopic (exact) mass is 227 g/mol. The maximum absolute atomic E-state index is 12.2. The summed E-state index contributed by atoms with van der Waals surface area (Å²) in [5, 5.41) is 0. The van der Waals surface area contributed by atoms with Crippen molar-refractivity contribution in [2.24, 2.45) is 11.7 Å². The molecule has 0 bridgehead atoms. The summed E-state index contributed by atoms with van der Waals surface area (Å²) in [4.78, 5) is 0. The van der Waals surface area contributed by atoms with Gasteiger partial charge in [-0.05, 0) is 24.8 Å². The van der Waals surface area contributed by atoms with E-state index in [4.69, 9.17) is 5.73 Å². The Labute approximate surface area is 93.4 Å². The summed E-state index contributed by atoms with van der Waals surface area (Å²) in [6, 6.07) is 6.59. The van der Waals surface area contributed by atoms with Crippen LogP contribution in [0.5, 0.6) is 5.75 Å². The summed E-state index contributed by atoms with van der Waals surface area (Å²) in [6.07, 6.45) is 3.32. The van der Waals surface area contributed by atoms with E-state index in [9.17, 15) is 8.78 Å². The third-order valence-electron chi connectivity index (χ3n) is 3.15. The Kier molecular flexibility index (Phi) is 3.39. The standard InChI is InChI=1S/C12H15F2NO/c13-12(14)16-10-7-2-1-6-9(10)11(15)8-4-3-5-8/h1-2,6-8,11-12H,3-5,15H2/t11-/m1/s1. The van der Waals surface area contributed by atoms with Crippen molar-refractivity contribution in [2.45, 2.75) is 31.9 Å². The van der Waals surface area contributed by atoms with E-state index in [1.807, 2.05) is 0 Å². The number of benzene rings is 1. The second-order valence-corrected chi connectivity index (χ2v) is 4.13. The maximum Gasteiger partial charge on any atom is 0.387 e. The first kappa shape index (κ1) is 11.3. The van der Waals surface area contributed by atoms with E-state index in [0.717, 1.165) is 12.8 Å². The number of hydrogen-bond acceptors (Lipinski definition) is 2. The van der Waals surface area contributed by atoms with Crippen molar-refractivity contribution in [2.75, 3.05) is 0 Å². The summed E-state index contributed by atoms with van der Waals surface area (Å²) in [6.45, 7) is -2.80. The number of ether oxygens (including phenoxy) is 1. The molecule has 88 valence electrons. The quantitative estimate of drug-likeness (QED) is 0.857. The molecule has 4 heteroatoms. The smallest absolute Gasteiger partial charge is 0.387 e. The molecule has 2 rings (SSSR count). The van der Waals surface area contributed by atoms with Crippen LogP contribution in [0.2, 0.25) is 0 Å². The maximum atomic E-state index is 12.2. The van der Waals surface area contributed by atoms with E-state index in [2.05, 4.69) is 4.74 Å². The van der Waals surface area contributed by atoms with Gasteiger partial charge >= 0.3 is 6.61 Å². The molecule has 0 radical (unpaired) electrons. The van der Waals surface area contributed by atoms with Gasteiger partial charge in [0.15, 0.2) is 0 Å². The van der Waals surface area contributed by atoms with Crippen molar-refractivity contribution in [3.05, 3.63) is 29.8 Å². The van der Waals surface area contributed by atoms with Crippen molar-refractivity contribution in [1.82, 2.24) is 0 Å². The van der Waals surface area contributed by atoms with Crippen molar-refractivity contribution in [3.63, 3.8) is 0 Å². The lowest BCUT2D eigenvalue weighted by molar-refractivity contribution is -0.0508. The van der Waals surface area contributed by atoms with Gasteiger partial charge in [-0.3, -0.25) is 0 Å². The highest BCUT2D eigenvalue weighted by atomic mass is 19.3. The molecule has 16 heavy (non-hydrogen) atoms. The van der Waals surface area contributed by atoms with Crippen LogP contribution in [0, 0.1) is 5.92 Å². The Bertz CT molecular complexity index is 353. The number of nitrogens with two attached hydrogens (primary N) is 1. The summed E-state index contributed by atoms with van der Waals surface area (Å²) in [7, 11) is 0.